The van der Waals surface area contributed by atoms with Gasteiger partial charge in [0.1, 0.15) is 5.78 Å². The molecule has 0 amide bonds. The van der Waals surface area contributed by atoms with E-state index in [0.717, 1.165) is 25.9 Å². The minimum absolute atomic E-state index is 0.392. The number of carbonyl (C=O) groups is 1. The van der Waals surface area contributed by atoms with Gasteiger partial charge in [-0.1, -0.05) is 0 Å². The van der Waals surface area contributed by atoms with E-state index >= 15 is 0 Å². The summed E-state index contributed by atoms with van der Waals surface area (Å²) in [7, 11) is 2.11. The monoisotopic (exact) mass is 139 g/mol. The molecule has 0 aromatic carbocycles. The molecule has 0 N–H and O–H groups in total. The van der Waals surface area contributed by atoms with Gasteiger partial charge in [0, 0.05) is 24.9 Å². The van der Waals surface area contributed by atoms with Crippen molar-refractivity contribution in [3.8, 4) is 0 Å². The normalized spacial score (nSPS) is 40.7. The van der Waals surface area contributed by atoms with Crippen molar-refractivity contribution >= 4 is 5.78 Å². The molecule has 2 aliphatic rings. The van der Waals surface area contributed by atoms with E-state index in [4.69, 9.17) is 0 Å². The Morgan fingerprint density at radius 2 is 1.80 bits per heavy atom. The summed E-state index contributed by atoms with van der Waals surface area (Å²) < 4.78 is 0. The van der Waals surface area contributed by atoms with Crippen molar-refractivity contribution in [1.82, 2.24) is 4.90 Å². The van der Waals surface area contributed by atoms with Crippen LogP contribution in [0.2, 0.25) is 0 Å². The second-order valence-corrected chi connectivity index (χ2v) is 3.59. The van der Waals surface area contributed by atoms with Crippen molar-refractivity contribution in [3.63, 3.8) is 0 Å². The largest absolute Gasteiger partial charge is 0.305 e. The molecular formula is C8H13NO. The van der Waals surface area contributed by atoms with E-state index < -0.39 is 0 Å². The van der Waals surface area contributed by atoms with Crippen molar-refractivity contribution in [3.05, 3.63) is 0 Å². The summed E-state index contributed by atoms with van der Waals surface area (Å²) in [6.45, 7) is 2.02. The number of carbonyl (C=O) groups excluding carboxylic acids is 1. The fourth-order valence-electron chi connectivity index (χ4n) is 2.21. The second-order valence-electron chi connectivity index (χ2n) is 3.59. The lowest BCUT2D eigenvalue weighted by Crippen LogP contribution is -2.39. The van der Waals surface area contributed by atoms with Crippen LogP contribution in [0, 0.1) is 11.8 Å². The lowest BCUT2D eigenvalue weighted by Gasteiger charge is -2.26. The molecule has 56 valence electrons. The van der Waals surface area contributed by atoms with E-state index in [9.17, 15) is 4.79 Å². The Balaban J connectivity index is 2.16. The van der Waals surface area contributed by atoms with Crippen LogP contribution in [-0.2, 0) is 4.79 Å². The third-order valence-electron chi connectivity index (χ3n) is 2.73. The molecule has 1 aliphatic heterocycles. The fraction of sp³-hybridized carbons (Fsp3) is 0.875. The van der Waals surface area contributed by atoms with Crippen molar-refractivity contribution < 1.29 is 4.79 Å². The van der Waals surface area contributed by atoms with Crippen molar-refractivity contribution in [1.29, 1.82) is 0 Å². The molecule has 0 aromatic heterocycles. The number of fused-ring (bicyclic) bond motifs is 2. The van der Waals surface area contributed by atoms with Crippen LogP contribution in [0.4, 0.5) is 0 Å². The molecule has 2 bridgehead atoms. The number of Topliss-reactive ketones (excluding diaryl/α,β-unsaturated/α-hetero) is 1. The SMILES string of the molecule is CN1CC2CCC(C1)C2=O. The first kappa shape index (κ1) is 6.35. The summed E-state index contributed by atoms with van der Waals surface area (Å²) in [6.07, 6.45) is 2.29. The van der Waals surface area contributed by atoms with E-state index in [1.54, 1.807) is 0 Å². The molecule has 1 saturated heterocycles. The molecular weight excluding hydrogens is 126 g/mol. The molecule has 2 fully saturated rings. The van der Waals surface area contributed by atoms with Gasteiger partial charge in [0.05, 0.1) is 0 Å². The zero-order chi connectivity index (χ0) is 7.14. The second kappa shape index (κ2) is 2.06. The van der Waals surface area contributed by atoms with Crippen LogP contribution in [0.25, 0.3) is 0 Å². The maximum atomic E-state index is 11.3. The molecule has 1 saturated carbocycles. The molecule has 0 spiro atoms. The molecule has 2 unspecified atom stereocenters. The van der Waals surface area contributed by atoms with Crippen molar-refractivity contribution in [2.24, 2.45) is 11.8 Å². The van der Waals surface area contributed by atoms with Crippen molar-refractivity contribution in [2.45, 2.75) is 12.8 Å². The number of hydrogen-bond acceptors (Lipinski definition) is 2. The minimum Gasteiger partial charge on any atom is -0.305 e. The van der Waals surface area contributed by atoms with Crippen LogP contribution in [0.15, 0.2) is 0 Å². The topological polar surface area (TPSA) is 20.3 Å². The van der Waals surface area contributed by atoms with Gasteiger partial charge in [0.25, 0.3) is 0 Å². The Morgan fingerprint density at radius 3 is 2.30 bits per heavy atom. The molecule has 2 rings (SSSR count). The first-order chi connectivity index (χ1) is 4.77. The number of ketones is 1. The third kappa shape index (κ3) is 0.788. The van der Waals surface area contributed by atoms with Crippen molar-refractivity contribution in [2.75, 3.05) is 20.1 Å². The summed E-state index contributed by atoms with van der Waals surface area (Å²) in [5, 5.41) is 0. The van der Waals surface area contributed by atoms with E-state index in [2.05, 4.69) is 11.9 Å². The number of rotatable bonds is 0. The molecule has 1 aliphatic carbocycles. The molecule has 0 radical (unpaired) electrons. The van der Waals surface area contributed by atoms with Gasteiger partial charge in [-0.2, -0.15) is 0 Å². The lowest BCUT2D eigenvalue weighted by molar-refractivity contribution is -0.127. The zero-order valence-corrected chi connectivity index (χ0v) is 6.34. The maximum Gasteiger partial charge on any atom is 0.141 e. The number of hydrogen-bond donors (Lipinski definition) is 0. The Kier molecular flexibility index (Phi) is 1.31. The summed E-state index contributed by atoms with van der Waals surface area (Å²) in [4.78, 5) is 13.6. The highest BCUT2D eigenvalue weighted by molar-refractivity contribution is 5.86. The Morgan fingerprint density at radius 1 is 1.30 bits per heavy atom. The molecule has 2 heteroatoms. The molecule has 10 heavy (non-hydrogen) atoms. The van der Waals surface area contributed by atoms with Gasteiger partial charge in [-0.05, 0) is 19.9 Å². The van der Waals surface area contributed by atoms with Crippen LogP contribution in [0.3, 0.4) is 0 Å². The number of nitrogens with zero attached hydrogens (tertiary/aromatic N) is 1. The Hall–Kier alpha value is -0.370. The minimum atomic E-state index is 0.392. The zero-order valence-electron chi connectivity index (χ0n) is 6.34. The summed E-state index contributed by atoms with van der Waals surface area (Å²) in [5.41, 5.74) is 0. The molecule has 1 heterocycles. The van der Waals surface area contributed by atoms with Gasteiger partial charge in [-0.3, -0.25) is 4.79 Å². The van der Waals surface area contributed by atoms with E-state index in [1.807, 2.05) is 0 Å². The third-order valence-corrected chi connectivity index (χ3v) is 2.73. The summed E-state index contributed by atoms with van der Waals surface area (Å²) in [6, 6.07) is 0. The lowest BCUT2D eigenvalue weighted by atomic mass is 9.98. The highest BCUT2D eigenvalue weighted by Gasteiger charge is 2.39. The molecule has 0 aromatic rings. The standard InChI is InChI=1S/C8H13NO/c1-9-4-6-2-3-7(5-9)8(6)10/h6-7H,2-5H2,1H3. The van der Waals surface area contributed by atoms with Crippen LogP contribution in [-0.4, -0.2) is 30.8 Å². The van der Waals surface area contributed by atoms with Gasteiger partial charge in [0.15, 0.2) is 0 Å². The van der Waals surface area contributed by atoms with Gasteiger partial charge >= 0.3 is 0 Å². The van der Waals surface area contributed by atoms with Crippen LogP contribution in [0.5, 0.6) is 0 Å². The van der Waals surface area contributed by atoms with Gasteiger partial charge in [0.2, 0.25) is 0 Å². The smallest absolute Gasteiger partial charge is 0.141 e. The first-order valence-corrected chi connectivity index (χ1v) is 3.99. The Bertz CT molecular complexity index is 151. The quantitative estimate of drug-likeness (QED) is 0.488. The van der Waals surface area contributed by atoms with Gasteiger partial charge in [-0.25, -0.2) is 0 Å². The van der Waals surface area contributed by atoms with E-state index in [0.29, 0.717) is 17.6 Å². The molecule has 2 atom stereocenters. The highest BCUT2D eigenvalue weighted by Crippen LogP contribution is 2.32. The number of piperidine rings is 1. The van der Waals surface area contributed by atoms with Crippen LogP contribution in [0.1, 0.15) is 12.8 Å². The average molecular weight is 139 g/mol. The number of likely N-dealkylation sites (tertiary alicyclic amines) is 1. The average Bonchev–Trinajstić information content (AvgIpc) is 2.20. The van der Waals surface area contributed by atoms with Gasteiger partial charge < -0.3 is 4.90 Å². The maximum absolute atomic E-state index is 11.3. The van der Waals surface area contributed by atoms with E-state index in [1.165, 1.54) is 0 Å². The Labute approximate surface area is 61.2 Å². The fourth-order valence-corrected chi connectivity index (χ4v) is 2.21. The predicted molar refractivity (Wildman–Crippen MR) is 38.7 cm³/mol. The van der Waals surface area contributed by atoms with Crippen LogP contribution < -0.4 is 0 Å². The predicted octanol–water partition coefficient (Wildman–Crippen LogP) is 0.527. The summed E-state index contributed by atoms with van der Waals surface area (Å²) >= 11 is 0. The van der Waals surface area contributed by atoms with Crippen LogP contribution >= 0.6 is 0 Å². The highest BCUT2D eigenvalue weighted by atomic mass is 16.1. The van der Waals surface area contributed by atoms with Gasteiger partial charge in [-0.15, -0.1) is 0 Å². The molecule has 2 nitrogen and oxygen atoms in total. The first-order valence-electron chi connectivity index (χ1n) is 3.99. The van der Waals surface area contributed by atoms with E-state index in [-0.39, 0.29) is 0 Å². The summed E-state index contributed by atoms with van der Waals surface area (Å²) in [5.74, 6) is 1.32.